The van der Waals surface area contributed by atoms with E-state index in [9.17, 15) is 14.4 Å². The molecule has 0 aliphatic heterocycles. The van der Waals surface area contributed by atoms with Crippen LogP contribution < -0.4 is 0 Å². The lowest BCUT2D eigenvalue weighted by atomic mass is 10.2. The third-order valence-corrected chi connectivity index (χ3v) is 3.89. The van der Waals surface area contributed by atoms with Crippen molar-refractivity contribution in [2.24, 2.45) is 7.05 Å². The highest BCUT2D eigenvalue weighted by Crippen LogP contribution is 2.12. The van der Waals surface area contributed by atoms with Crippen molar-refractivity contribution < 1.29 is 19.1 Å². The third-order valence-electron chi connectivity index (χ3n) is 3.89. The molecule has 0 aliphatic rings. The molecule has 1 aromatic heterocycles. The van der Waals surface area contributed by atoms with Gasteiger partial charge in [-0.15, -0.1) is 0 Å². The van der Waals surface area contributed by atoms with Crippen molar-refractivity contribution in [1.29, 1.82) is 0 Å². The molecule has 2 rings (SSSR count). The van der Waals surface area contributed by atoms with Gasteiger partial charge in [0.1, 0.15) is 5.69 Å². The zero-order chi connectivity index (χ0) is 18.6. The maximum Gasteiger partial charge on any atom is 0.355 e. The number of hydrogen-bond acceptors (Lipinski definition) is 4. The summed E-state index contributed by atoms with van der Waals surface area (Å²) >= 11 is 0. The van der Waals surface area contributed by atoms with E-state index in [1.165, 1.54) is 29.4 Å². The molecule has 0 saturated heterocycles. The molecule has 6 heteroatoms. The van der Waals surface area contributed by atoms with Crippen LogP contribution in [0.15, 0.2) is 42.6 Å². The second-order valence-corrected chi connectivity index (χ2v) is 6.01. The van der Waals surface area contributed by atoms with Gasteiger partial charge in [0.05, 0.1) is 0 Å². The van der Waals surface area contributed by atoms with Gasteiger partial charge in [-0.05, 0) is 25.5 Å². The lowest BCUT2D eigenvalue weighted by Crippen LogP contribution is -2.37. The van der Waals surface area contributed by atoms with E-state index >= 15 is 0 Å². The molecule has 1 atom stereocenters. The lowest BCUT2D eigenvalue weighted by molar-refractivity contribution is -0.139. The van der Waals surface area contributed by atoms with E-state index < -0.39 is 12.1 Å². The van der Waals surface area contributed by atoms with Crippen molar-refractivity contribution >= 4 is 17.7 Å². The van der Waals surface area contributed by atoms with E-state index in [0.29, 0.717) is 12.1 Å². The molecular formula is C19H22N2O4. The highest BCUT2D eigenvalue weighted by molar-refractivity contribution is 5.98. The molecule has 6 nitrogen and oxygen atoms in total. The van der Waals surface area contributed by atoms with Crippen LogP contribution in [-0.2, 0) is 23.1 Å². The van der Waals surface area contributed by atoms with Crippen molar-refractivity contribution in [3.63, 3.8) is 0 Å². The summed E-state index contributed by atoms with van der Waals surface area (Å²) in [6, 6.07) is 11.0. The molecule has 0 spiro atoms. The van der Waals surface area contributed by atoms with Crippen LogP contribution in [0.2, 0.25) is 0 Å². The summed E-state index contributed by atoms with van der Waals surface area (Å²) in [5.41, 5.74) is 1.65. The van der Waals surface area contributed by atoms with Crippen LogP contribution in [-0.4, -0.2) is 40.3 Å². The first-order valence-electron chi connectivity index (χ1n) is 7.96. The SMILES string of the molecule is CC(=O)c1cc(C(=O)O[C@@H](C)C(=O)N(C)Cc2ccccc2)n(C)c1. The lowest BCUT2D eigenvalue weighted by Gasteiger charge is -2.21. The van der Waals surface area contributed by atoms with Gasteiger partial charge in [-0.1, -0.05) is 30.3 Å². The van der Waals surface area contributed by atoms with E-state index in [2.05, 4.69) is 0 Å². The van der Waals surface area contributed by atoms with Crippen molar-refractivity contribution in [1.82, 2.24) is 9.47 Å². The molecule has 1 aromatic carbocycles. The van der Waals surface area contributed by atoms with Gasteiger partial charge >= 0.3 is 5.97 Å². The van der Waals surface area contributed by atoms with Gasteiger partial charge in [-0.3, -0.25) is 9.59 Å². The number of rotatable bonds is 6. The summed E-state index contributed by atoms with van der Waals surface area (Å²) in [7, 11) is 3.31. The maximum absolute atomic E-state index is 12.4. The number of likely N-dealkylation sites (N-methyl/N-ethyl adjacent to an activating group) is 1. The maximum atomic E-state index is 12.4. The van der Waals surface area contributed by atoms with E-state index in [0.717, 1.165) is 5.56 Å². The molecule has 0 saturated carbocycles. The summed E-state index contributed by atoms with van der Waals surface area (Å²) in [4.78, 5) is 37.6. The first-order valence-corrected chi connectivity index (χ1v) is 7.96. The predicted molar refractivity (Wildman–Crippen MR) is 93.2 cm³/mol. The Morgan fingerprint density at radius 3 is 2.40 bits per heavy atom. The van der Waals surface area contributed by atoms with Crippen LogP contribution in [0.1, 0.15) is 40.3 Å². The molecule has 132 valence electrons. The summed E-state index contributed by atoms with van der Waals surface area (Å²) in [6.07, 6.45) is 0.643. The number of amides is 1. The zero-order valence-corrected chi connectivity index (χ0v) is 14.9. The summed E-state index contributed by atoms with van der Waals surface area (Å²) in [5.74, 6) is -1.07. The van der Waals surface area contributed by atoms with Gasteiger partial charge in [0.25, 0.3) is 5.91 Å². The minimum absolute atomic E-state index is 0.138. The van der Waals surface area contributed by atoms with Crippen molar-refractivity contribution in [2.45, 2.75) is 26.5 Å². The number of esters is 1. The Balaban J connectivity index is 2.00. The molecule has 0 fully saturated rings. The number of aryl methyl sites for hydroxylation is 1. The van der Waals surface area contributed by atoms with E-state index in [-0.39, 0.29) is 17.4 Å². The number of benzene rings is 1. The van der Waals surface area contributed by atoms with Crippen molar-refractivity contribution in [3.05, 3.63) is 59.4 Å². The van der Waals surface area contributed by atoms with E-state index in [1.54, 1.807) is 20.3 Å². The van der Waals surface area contributed by atoms with Crippen LogP contribution in [0.25, 0.3) is 0 Å². The van der Waals surface area contributed by atoms with E-state index in [1.807, 2.05) is 30.3 Å². The summed E-state index contributed by atoms with van der Waals surface area (Å²) < 4.78 is 6.79. The standard InChI is InChI=1S/C19H22N2O4/c1-13(22)16-10-17(20(3)12-16)19(24)25-14(2)18(23)21(4)11-15-8-6-5-7-9-15/h5-10,12,14H,11H2,1-4H3/t14-/m0/s1. The number of carbonyl (C=O) groups is 3. The van der Waals surface area contributed by atoms with Gasteiger partial charge in [-0.25, -0.2) is 4.79 Å². The Hall–Kier alpha value is -2.89. The first-order chi connectivity index (χ1) is 11.8. The highest BCUT2D eigenvalue weighted by atomic mass is 16.5. The monoisotopic (exact) mass is 342 g/mol. The van der Waals surface area contributed by atoms with Crippen LogP contribution >= 0.6 is 0 Å². The number of ether oxygens (including phenoxy) is 1. The first kappa shape index (κ1) is 18.4. The number of hydrogen-bond donors (Lipinski definition) is 0. The average molecular weight is 342 g/mol. The molecule has 0 radical (unpaired) electrons. The molecular weight excluding hydrogens is 320 g/mol. The number of Topliss-reactive ketones (excluding diaryl/α,β-unsaturated/α-hetero) is 1. The predicted octanol–water partition coefficient (Wildman–Crippen LogP) is 2.43. The summed E-state index contributed by atoms with van der Waals surface area (Å²) in [6.45, 7) is 3.39. The topological polar surface area (TPSA) is 68.6 Å². The molecule has 25 heavy (non-hydrogen) atoms. The zero-order valence-electron chi connectivity index (χ0n) is 14.9. The van der Waals surface area contributed by atoms with Crippen molar-refractivity contribution in [2.75, 3.05) is 7.05 Å². The largest absolute Gasteiger partial charge is 0.448 e. The fourth-order valence-corrected chi connectivity index (χ4v) is 2.48. The quantitative estimate of drug-likeness (QED) is 0.597. The Labute approximate surface area is 147 Å². The number of ketones is 1. The third kappa shape index (κ3) is 4.56. The molecule has 0 aliphatic carbocycles. The van der Waals surface area contributed by atoms with E-state index in [4.69, 9.17) is 4.74 Å². The highest BCUT2D eigenvalue weighted by Gasteiger charge is 2.24. The molecule has 0 N–H and O–H groups in total. The van der Waals surface area contributed by atoms with Gasteiger partial charge < -0.3 is 14.2 Å². The number of nitrogens with zero attached hydrogens (tertiary/aromatic N) is 2. The Bertz CT molecular complexity index is 780. The summed E-state index contributed by atoms with van der Waals surface area (Å²) in [5, 5.41) is 0. The molecule has 1 amide bonds. The van der Waals surface area contributed by atoms with Crippen LogP contribution in [0.4, 0.5) is 0 Å². The van der Waals surface area contributed by atoms with Crippen LogP contribution in [0, 0.1) is 0 Å². The van der Waals surface area contributed by atoms with Crippen molar-refractivity contribution in [3.8, 4) is 0 Å². The van der Waals surface area contributed by atoms with Gasteiger partial charge in [0.2, 0.25) is 0 Å². The molecule has 0 bridgehead atoms. The Kier molecular flexibility index (Phi) is 5.75. The second kappa shape index (κ2) is 7.79. The van der Waals surface area contributed by atoms with Gasteiger partial charge in [-0.2, -0.15) is 0 Å². The van der Waals surface area contributed by atoms with Gasteiger partial charge in [0.15, 0.2) is 11.9 Å². The van der Waals surface area contributed by atoms with Crippen LogP contribution in [0.5, 0.6) is 0 Å². The molecule has 2 aromatic rings. The smallest absolute Gasteiger partial charge is 0.355 e. The Morgan fingerprint density at radius 1 is 1.20 bits per heavy atom. The number of carbonyl (C=O) groups excluding carboxylic acids is 3. The van der Waals surface area contributed by atoms with Crippen LogP contribution in [0.3, 0.4) is 0 Å². The fourth-order valence-electron chi connectivity index (χ4n) is 2.48. The molecule has 1 heterocycles. The minimum atomic E-state index is -0.920. The average Bonchev–Trinajstić information content (AvgIpc) is 2.97. The number of aromatic nitrogens is 1. The molecule has 0 unspecified atom stereocenters. The second-order valence-electron chi connectivity index (χ2n) is 6.01. The van der Waals surface area contributed by atoms with Gasteiger partial charge in [0, 0.05) is 32.4 Å². The minimum Gasteiger partial charge on any atom is -0.448 e. The normalized spacial score (nSPS) is 11.7. The Morgan fingerprint density at radius 2 is 1.84 bits per heavy atom. The fraction of sp³-hybridized carbons (Fsp3) is 0.316.